The molecule has 0 N–H and O–H groups in total. The van der Waals surface area contributed by atoms with Crippen molar-refractivity contribution < 1.29 is 0 Å². The monoisotopic (exact) mass is 381 g/mol. The Kier molecular flexibility index (Phi) is 7.30. The lowest BCUT2D eigenvalue weighted by Crippen LogP contribution is -2.21. The molecule has 2 aromatic carbocycles. The fraction of sp³-hybridized carbons (Fsp3) is 0.250. The average Bonchev–Trinajstić information content (AvgIpc) is 2.73. The second-order valence-electron chi connectivity index (χ2n) is 6.55. The molecule has 0 saturated carbocycles. The Labute approximate surface area is 172 Å². The van der Waals surface area contributed by atoms with E-state index in [0.29, 0.717) is 11.3 Å². The maximum Gasteiger partial charge on any atom is 0.151 e. The van der Waals surface area contributed by atoms with Crippen molar-refractivity contribution >= 4 is 22.7 Å². The van der Waals surface area contributed by atoms with Crippen molar-refractivity contribution in [1.29, 1.82) is 15.8 Å². The van der Waals surface area contributed by atoms with E-state index in [-0.39, 0.29) is 16.9 Å². The lowest BCUT2D eigenvalue weighted by atomic mass is 9.96. The van der Waals surface area contributed by atoms with Crippen molar-refractivity contribution in [2.75, 3.05) is 18.0 Å². The minimum atomic E-state index is -0.133. The maximum absolute atomic E-state index is 9.78. The highest BCUT2D eigenvalue weighted by atomic mass is 15.1. The van der Waals surface area contributed by atoms with Crippen molar-refractivity contribution in [3.05, 3.63) is 64.7 Å². The first kappa shape index (κ1) is 21.4. The average molecular weight is 381 g/mol. The molecule has 0 saturated heterocycles. The molecule has 0 aromatic heterocycles. The van der Waals surface area contributed by atoms with E-state index in [0.717, 1.165) is 29.9 Å². The van der Waals surface area contributed by atoms with Crippen LogP contribution in [0.2, 0.25) is 0 Å². The third-order valence-corrected chi connectivity index (χ3v) is 4.70. The van der Waals surface area contributed by atoms with E-state index < -0.39 is 0 Å². The summed E-state index contributed by atoms with van der Waals surface area (Å²) in [5.74, 6) is 0. The molecule has 0 spiro atoms. The number of nitrogens with zero attached hydrogens (tertiary/aromatic N) is 5. The van der Waals surface area contributed by atoms with Gasteiger partial charge in [0.25, 0.3) is 0 Å². The van der Waals surface area contributed by atoms with Gasteiger partial charge in [0.05, 0.1) is 5.69 Å². The normalized spacial score (nSPS) is 10.4. The molecule has 0 aliphatic carbocycles. The molecule has 0 radical (unpaired) electrons. The zero-order chi connectivity index (χ0) is 21.4. The standard InChI is InChI=1S/C24H23N5/c1-5-29(6-2)21-11-12-22(18(4)13-21)28-23(16-27)24(20(14-25)15-26)19-9-7-17(3)8-10-19/h7-13H,5-6H2,1-4H3. The fourth-order valence-corrected chi connectivity index (χ4v) is 3.06. The zero-order valence-corrected chi connectivity index (χ0v) is 17.2. The lowest BCUT2D eigenvalue weighted by molar-refractivity contribution is 0.865. The molecule has 2 rings (SSSR count). The molecule has 0 aliphatic heterocycles. The SMILES string of the molecule is CCN(CC)c1ccc(N=C(C#N)C(=C(C#N)C#N)c2ccc(C)cc2)c(C)c1. The predicted molar refractivity (Wildman–Crippen MR) is 117 cm³/mol. The Hall–Kier alpha value is -3.88. The first-order valence-electron chi connectivity index (χ1n) is 9.45. The van der Waals surface area contributed by atoms with Gasteiger partial charge in [-0.1, -0.05) is 29.8 Å². The summed E-state index contributed by atoms with van der Waals surface area (Å²) < 4.78 is 0. The van der Waals surface area contributed by atoms with Gasteiger partial charge < -0.3 is 4.90 Å². The van der Waals surface area contributed by atoms with E-state index >= 15 is 0 Å². The van der Waals surface area contributed by atoms with Gasteiger partial charge in [-0.3, -0.25) is 0 Å². The first-order valence-corrected chi connectivity index (χ1v) is 9.45. The second kappa shape index (κ2) is 9.88. The number of nitriles is 3. The number of benzene rings is 2. The molecule has 5 nitrogen and oxygen atoms in total. The molecule has 0 fully saturated rings. The van der Waals surface area contributed by atoms with E-state index in [4.69, 9.17) is 0 Å². The summed E-state index contributed by atoms with van der Waals surface area (Å²) in [4.78, 5) is 6.75. The zero-order valence-electron chi connectivity index (χ0n) is 17.2. The van der Waals surface area contributed by atoms with E-state index in [1.165, 1.54) is 0 Å². The van der Waals surface area contributed by atoms with Gasteiger partial charge in [0.2, 0.25) is 0 Å². The van der Waals surface area contributed by atoms with E-state index in [9.17, 15) is 15.8 Å². The molecule has 0 unspecified atom stereocenters. The summed E-state index contributed by atoms with van der Waals surface area (Å²) in [5.41, 5.74) is 4.47. The van der Waals surface area contributed by atoms with Crippen LogP contribution in [0.5, 0.6) is 0 Å². The molecule has 0 aliphatic rings. The van der Waals surface area contributed by atoms with Crippen LogP contribution in [0.25, 0.3) is 5.57 Å². The van der Waals surface area contributed by atoms with Crippen LogP contribution >= 0.6 is 0 Å². The Morgan fingerprint density at radius 3 is 2.00 bits per heavy atom. The number of hydrogen-bond donors (Lipinski definition) is 0. The third-order valence-electron chi connectivity index (χ3n) is 4.70. The van der Waals surface area contributed by atoms with Crippen molar-refractivity contribution in [2.24, 2.45) is 4.99 Å². The highest BCUT2D eigenvalue weighted by Crippen LogP contribution is 2.28. The summed E-state index contributed by atoms with van der Waals surface area (Å²) in [6, 6.07) is 19.1. The fourth-order valence-electron chi connectivity index (χ4n) is 3.06. The molecular formula is C24H23N5. The summed E-state index contributed by atoms with van der Waals surface area (Å²) in [7, 11) is 0. The molecule has 144 valence electrons. The number of aliphatic imine (C=N–C) groups is 1. The van der Waals surface area contributed by atoms with Crippen LogP contribution in [0.3, 0.4) is 0 Å². The van der Waals surface area contributed by atoms with Crippen LogP contribution in [-0.4, -0.2) is 18.8 Å². The molecule has 0 heterocycles. The minimum absolute atomic E-state index is 0.0469. The number of hydrogen-bond acceptors (Lipinski definition) is 5. The largest absolute Gasteiger partial charge is 0.372 e. The van der Waals surface area contributed by atoms with Gasteiger partial charge in [0.1, 0.15) is 23.8 Å². The van der Waals surface area contributed by atoms with Crippen LogP contribution in [0, 0.1) is 47.8 Å². The van der Waals surface area contributed by atoms with Gasteiger partial charge in [-0.15, -0.1) is 0 Å². The number of aryl methyl sites for hydroxylation is 2. The first-order chi connectivity index (χ1) is 14.0. The minimum Gasteiger partial charge on any atom is -0.372 e. The Morgan fingerprint density at radius 1 is 0.897 bits per heavy atom. The van der Waals surface area contributed by atoms with Crippen molar-refractivity contribution in [3.63, 3.8) is 0 Å². The molecule has 0 amide bonds. The van der Waals surface area contributed by atoms with Gasteiger partial charge in [-0.25, -0.2) is 4.99 Å². The number of anilines is 1. The van der Waals surface area contributed by atoms with Crippen LogP contribution in [0.4, 0.5) is 11.4 Å². The van der Waals surface area contributed by atoms with Gasteiger partial charge >= 0.3 is 0 Å². The summed E-state index contributed by atoms with van der Waals surface area (Å²) >= 11 is 0. The maximum atomic E-state index is 9.78. The summed E-state index contributed by atoms with van der Waals surface area (Å²) in [6.45, 7) is 9.88. The molecule has 29 heavy (non-hydrogen) atoms. The van der Waals surface area contributed by atoms with Crippen molar-refractivity contribution in [2.45, 2.75) is 27.7 Å². The van der Waals surface area contributed by atoms with Crippen LogP contribution in [-0.2, 0) is 0 Å². The van der Waals surface area contributed by atoms with E-state index in [2.05, 4.69) is 29.8 Å². The smallest absolute Gasteiger partial charge is 0.151 e. The molecule has 0 bridgehead atoms. The van der Waals surface area contributed by atoms with E-state index in [1.807, 2.05) is 56.3 Å². The van der Waals surface area contributed by atoms with Crippen LogP contribution in [0.15, 0.2) is 53.0 Å². The second-order valence-corrected chi connectivity index (χ2v) is 6.55. The predicted octanol–water partition coefficient (Wildman–Crippen LogP) is 5.25. The summed E-state index contributed by atoms with van der Waals surface area (Å²) in [5, 5.41) is 28.6. The van der Waals surface area contributed by atoms with E-state index in [1.54, 1.807) is 12.1 Å². The lowest BCUT2D eigenvalue weighted by Gasteiger charge is -2.21. The Morgan fingerprint density at radius 2 is 1.52 bits per heavy atom. The third kappa shape index (κ3) is 4.89. The van der Waals surface area contributed by atoms with Crippen molar-refractivity contribution in [3.8, 4) is 18.2 Å². The summed E-state index contributed by atoms with van der Waals surface area (Å²) in [6.07, 6.45) is 0. The number of allylic oxidation sites excluding steroid dienone is 2. The van der Waals surface area contributed by atoms with Crippen LogP contribution < -0.4 is 4.90 Å². The van der Waals surface area contributed by atoms with Crippen LogP contribution in [0.1, 0.15) is 30.5 Å². The van der Waals surface area contributed by atoms with Gasteiger partial charge in [0.15, 0.2) is 5.71 Å². The number of rotatable bonds is 6. The highest BCUT2D eigenvalue weighted by molar-refractivity contribution is 6.33. The Bertz CT molecular complexity index is 1050. The Balaban J connectivity index is 2.63. The molecular weight excluding hydrogens is 358 g/mol. The quantitative estimate of drug-likeness (QED) is 0.505. The topological polar surface area (TPSA) is 87.0 Å². The highest BCUT2D eigenvalue weighted by Gasteiger charge is 2.17. The van der Waals surface area contributed by atoms with Gasteiger partial charge in [0, 0.05) is 24.4 Å². The molecule has 2 aromatic rings. The van der Waals surface area contributed by atoms with Crippen molar-refractivity contribution in [1.82, 2.24) is 0 Å². The molecule has 5 heteroatoms. The molecule has 0 atom stereocenters. The van der Waals surface area contributed by atoms with Gasteiger partial charge in [-0.05, 0) is 57.0 Å². The van der Waals surface area contributed by atoms with Gasteiger partial charge in [-0.2, -0.15) is 15.8 Å².